The molecule has 0 bridgehead atoms. The Bertz CT molecular complexity index is 424. The second kappa shape index (κ2) is 6.43. The van der Waals surface area contributed by atoms with Gasteiger partial charge >= 0.3 is 6.18 Å². The summed E-state index contributed by atoms with van der Waals surface area (Å²) in [4.78, 5) is 5.75. The Morgan fingerprint density at radius 2 is 1.90 bits per heavy atom. The van der Waals surface area contributed by atoms with Crippen LogP contribution in [0, 0.1) is 0 Å². The zero-order valence-corrected chi connectivity index (χ0v) is 12.4. The number of halogens is 3. The largest absolute Gasteiger partial charge is 0.390 e. The summed E-state index contributed by atoms with van der Waals surface area (Å²) in [6.07, 6.45) is -3.39. The van der Waals surface area contributed by atoms with Crippen LogP contribution in [0.4, 0.5) is 19.0 Å². The number of anilines is 1. The average molecular weight is 289 g/mol. The summed E-state index contributed by atoms with van der Waals surface area (Å²) in [5.74, 6) is 0.591. The first-order valence-corrected chi connectivity index (χ1v) is 6.55. The van der Waals surface area contributed by atoms with Gasteiger partial charge in [0, 0.05) is 37.4 Å². The van der Waals surface area contributed by atoms with Crippen molar-refractivity contribution in [2.75, 3.05) is 18.5 Å². The van der Waals surface area contributed by atoms with Crippen LogP contribution in [0.25, 0.3) is 0 Å². The van der Waals surface area contributed by atoms with Crippen LogP contribution in [0.15, 0.2) is 18.3 Å². The van der Waals surface area contributed by atoms with Crippen molar-refractivity contribution in [3.8, 4) is 0 Å². The van der Waals surface area contributed by atoms with Gasteiger partial charge in [-0.05, 0) is 26.8 Å². The molecule has 20 heavy (non-hydrogen) atoms. The molecule has 0 radical (unpaired) electrons. The Hall–Kier alpha value is -1.30. The summed E-state index contributed by atoms with van der Waals surface area (Å²) in [7, 11) is 1.63. The van der Waals surface area contributed by atoms with Crippen molar-refractivity contribution < 1.29 is 13.2 Å². The number of pyridine rings is 1. The van der Waals surface area contributed by atoms with Crippen LogP contribution < -0.4 is 10.2 Å². The number of hydrogen-bond donors (Lipinski definition) is 1. The Kier molecular flexibility index (Phi) is 5.39. The Labute approximate surface area is 118 Å². The highest BCUT2D eigenvalue weighted by molar-refractivity contribution is 5.45. The number of alkyl halides is 3. The Morgan fingerprint density at radius 1 is 1.25 bits per heavy atom. The summed E-state index contributed by atoms with van der Waals surface area (Å²) >= 11 is 0. The highest BCUT2D eigenvalue weighted by atomic mass is 19.4. The van der Waals surface area contributed by atoms with Crippen molar-refractivity contribution >= 4 is 5.82 Å². The van der Waals surface area contributed by atoms with Crippen LogP contribution in [0.2, 0.25) is 0 Å². The van der Waals surface area contributed by atoms with E-state index in [2.05, 4.69) is 10.3 Å². The van der Waals surface area contributed by atoms with Gasteiger partial charge in [0.15, 0.2) is 0 Å². The number of nitrogens with one attached hydrogen (secondary N) is 1. The molecule has 0 unspecified atom stereocenters. The standard InChI is InChI=1S/C14H22F3N3/c1-13(2,3)19-10-11-6-5-8-18-12(11)20(4)9-7-14(15,16)17/h5-6,8,19H,7,9-10H2,1-4H3. The minimum atomic E-state index is -4.15. The first kappa shape index (κ1) is 16.8. The van der Waals surface area contributed by atoms with Crippen molar-refractivity contribution in [3.05, 3.63) is 23.9 Å². The quantitative estimate of drug-likeness (QED) is 0.901. The van der Waals surface area contributed by atoms with Crippen LogP contribution in [0.3, 0.4) is 0 Å². The molecule has 1 N–H and O–H groups in total. The summed E-state index contributed by atoms with van der Waals surface area (Å²) in [6.45, 7) is 6.59. The van der Waals surface area contributed by atoms with Crippen molar-refractivity contribution in [2.24, 2.45) is 0 Å². The fourth-order valence-electron chi connectivity index (χ4n) is 1.67. The predicted octanol–water partition coefficient (Wildman–Crippen LogP) is 3.36. The Morgan fingerprint density at radius 3 is 2.45 bits per heavy atom. The molecule has 0 amide bonds. The number of aromatic nitrogens is 1. The minimum Gasteiger partial charge on any atom is -0.359 e. The number of hydrogen-bond acceptors (Lipinski definition) is 3. The fourth-order valence-corrected chi connectivity index (χ4v) is 1.67. The maximum Gasteiger partial charge on any atom is 0.390 e. The number of rotatable bonds is 5. The SMILES string of the molecule is CN(CCC(F)(F)F)c1ncccc1CNC(C)(C)C. The van der Waals surface area contributed by atoms with E-state index in [1.54, 1.807) is 24.2 Å². The van der Waals surface area contributed by atoms with Crippen LogP contribution in [-0.4, -0.2) is 30.3 Å². The molecule has 6 heteroatoms. The lowest BCUT2D eigenvalue weighted by Gasteiger charge is -2.25. The molecule has 0 saturated heterocycles. The zero-order valence-electron chi connectivity index (χ0n) is 12.4. The van der Waals surface area contributed by atoms with Gasteiger partial charge in [-0.2, -0.15) is 13.2 Å². The molecular formula is C14H22F3N3. The van der Waals surface area contributed by atoms with E-state index in [1.165, 1.54) is 0 Å². The van der Waals surface area contributed by atoms with Crippen molar-refractivity contribution in [1.29, 1.82) is 0 Å². The fraction of sp³-hybridized carbons (Fsp3) is 0.643. The first-order chi connectivity index (χ1) is 9.08. The lowest BCUT2D eigenvalue weighted by molar-refractivity contribution is -0.132. The maximum absolute atomic E-state index is 12.3. The molecule has 1 heterocycles. The van der Waals surface area contributed by atoms with E-state index in [4.69, 9.17) is 0 Å². The van der Waals surface area contributed by atoms with Gasteiger partial charge in [-0.1, -0.05) is 6.07 Å². The third-order valence-electron chi connectivity index (χ3n) is 2.77. The topological polar surface area (TPSA) is 28.2 Å². The van der Waals surface area contributed by atoms with Crippen LogP contribution in [0.1, 0.15) is 32.8 Å². The molecule has 0 aromatic carbocycles. The van der Waals surface area contributed by atoms with E-state index in [0.29, 0.717) is 12.4 Å². The van der Waals surface area contributed by atoms with Crippen LogP contribution in [0.5, 0.6) is 0 Å². The van der Waals surface area contributed by atoms with Gasteiger partial charge in [0.2, 0.25) is 0 Å². The minimum absolute atomic E-state index is 0.0579. The van der Waals surface area contributed by atoms with E-state index in [-0.39, 0.29) is 12.1 Å². The normalized spacial score (nSPS) is 12.6. The van der Waals surface area contributed by atoms with Crippen LogP contribution in [-0.2, 0) is 6.54 Å². The van der Waals surface area contributed by atoms with E-state index in [9.17, 15) is 13.2 Å². The van der Waals surface area contributed by atoms with Gasteiger partial charge in [0.05, 0.1) is 6.42 Å². The molecule has 0 spiro atoms. The molecule has 1 rings (SSSR count). The second-order valence-corrected chi connectivity index (χ2v) is 5.88. The second-order valence-electron chi connectivity index (χ2n) is 5.88. The van der Waals surface area contributed by atoms with Gasteiger partial charge in [0.1, 0.15) is 5.82 Å². The van der Waals surface area contributed by atoms with Crippen molar-refractivity contribution in [1.82, 2.24) is 10.3 Å². The van der Waals surface area contributed by atoms with Gasteiger partial charge in [-0.3, -0.25) is 0 Å². The predicted molar refractivity (Wildman–Crippen MR) is 74.8 cm³/mol. The Balaban J connectivity index is 2.74. The van der Waals surface area contributed by atoms with E-state index in [0.717, 1.165) is 5.56 Å². The zero-order chi connectivity index (χ0) is 15.4. The summed E-state index contributed by atoms with van der Waals surface area (Å²) in [5, 5.41) is 3.32. The third-order valence-corrected chi connectivity index (χ3v) is 2.77. The monoisotopic (exact) mass is 289 g/mol. The van der Waals surface area contributed by atoms with Gasteiger partial charge < -0.3 is 10.2 Å². The summed E-state index contributed by atoms with van der Waals surface area (Å²) in [6, 6.07) is 3.67. The maximum atomic E-state index is 12.3. The lowest BCUT2D eigenvalue weighted by atomic mass is 10.1. The van der Waals surface area contributed by atoms with E-state index < -0.39 is 12.6 Å². The van der Waals surface area contributed by atoms with Crippen molar-refractivity contribution in [3.63, 3.8) is 0 Å². The van der Waals surface area contributed by atoms with E-state index >= 15 is 0 Å². The summed E-state index contributed by atoms with van der Waals surface area (Å²) in [5.41, 5.74) is 0.838. The molecule has 1 aromatic rings. The van der Waals surface area contributed by atoms with Gasteiger partial charge in [0.25, 0.3) is 0 Å². The lowest BCUT2D eigenvalue weighted by Crippen LogP contribution is -2.36. The highest BCUT2D eigenvalue weighted by Gasteiger charge is 2.27. The third kappa shape index (κ3) is 6.23. The van der Waals surface area contributed by atoms with Crippen LogP contribution >= 0.6 is 0 Å². The average Bonchev–Trinajstić information content (AvgIpc) is 2.32. The first-order valence-electron chi connectivity index (χ1n) is 6.55. The molecule has 0 aliphatic rings. The molecule has 0 atom stereocenters. The molecule has 0 aliphatic heterocycles. The molecule has 0 saturated carbocycles. The smallest absolute Gasteiger partial charge is 0.359 e. The van der Waals surface area contributed by atoms with Gasteiger partial charge in [-0.15, -0.1) is 0 Å². The molecule has 0 aliphatic carbocycles. The molecule has 3 nitrogen and oxygen atoms in total. The van der Waals surface area contributed by atoms with E-state index in [1.807, 2.05) is 26.8 Å². The number of nitrogens with zero attached hydrogens (tertiary/aromatic N) is 2. The summed E-state index contributed by atoms with van der Waals surface area (Å²) < 4.78 is 36.8. The van der Waals surface area contributed by atoms with Crippen molar-refractivity contribution in [2.45, 2.75) is 45.5 Å². The van der Waals surface area contributed by atoms with Gasteiger partial charge in [-0.25, -0.2) is 4.98 Å². The molecular weight excluding hydrogens is 267 g/mol. The molecule has 0 fully saturated rings. The molecule has 1 aromatic heterocycles. The molecule has 114 valence electrons. The highest BCUT2D eigenvalue weighted by Crippen LogP contribution is 2.22.